The second kappa shape index (κ2) is 18.6. The quantitative estimate of drug-likeness (QED) is 0.145. The van der Waals surface area contributed by atoms with Crippen LogP contribution in [-0.2, 0) is 28.6 Å². The molecule has 0 fully saturated rings. The SMILES string of the molecule is CC(C)CC(C)CCOC(=O)CC(O)(CC(=O)OCCC(C)CC(C)C)C(=O)OCCC(C)CC(C)C. The minimum Gasteiger partial charge on any atom is -0.466 e. The van der Waals surface area contributed by atoms with Gasteiger partial charge in [-0.05, 0) is 74.0 Å². The summed E-state index contributed by atoms with van der Waals surface area (Å²) in [5.74, 6) is 0.289. The van der Waals surface area contributed by atoms with Gasteiger partial charge in [0.05, 0.1) is 32.7 Å². The van der Waals surface area contributed by atoms with Gasteiger partial charge < -0.3 is 19.3 Å². The maximum Gasteiger partial charge on any atom is 0.339 e. The van der Waals surface area contributed by atoms with Gasteiger partial charge in [0.2, 0.25) is 0 Å². The van der Waals surface area contributed by atoms with Crippen LogP contribution in [-0.4, -0.2) is 48.4 Å². The Morgan fingerprint density at radius 1 is 0.568 bits per heavy atom. The molecule has 0 aromatic heterocycles. The maximum absolute atomic E-state index is 12.9. The largest absolute Gasteiger partial charge is 0.466 e. The Bertz CT molecular complexity index is 620. The lowest BCUT2D eigenvalue weighted by Gasteiger charge is -2.25. The van der Waals surface area contributed by atoms with Gasteiger partial charge in [-0.2, -0.15) is 0 Å². The van der Waals surface area contributed by atoms with E-state index in [1.54, 1.807) is 0 Å². The third kappa shape index (κ3) is 18.3. The van der Waals surface area contributed by atoms with Gasteiger partial charge in [-0.25, -0.2) is 4.79 Å². The molecule has 3 atom stereocenters. The number of ether oxygens (including phenoxy) is 3. The Morgan fingerprint density at radius 2 is 0.865 bits per heavy atom. The van der Waals surface area contributed by atoms with Crippen LogP contribution >= 0.6 is 0 Å². The molecule has 218 valence electrons. The summed E-state index contributed by atoms with van der Waals surface area (Å²) in [5.41, 5.74) is -2.32. The lowest BCUT2D eigenvalue weighted by atomic mass is 9.94. The number of aliphatic hydroxyl groups is 1. The Balaban J connectivity index is 5.03. The fraction of sp³-hybridized carbons (Fsp3) is 0.900. The molecular formula is C30H56O7. The molecule has 0 saturated heterocycles. The lowest BCUT2D eigenvalue weighted by molar-refractivity contribution is -0.178. The Morgan fingerprint density at radius 3 is 1.16 bits per heavy atom. The van der Waals surface area contributed by atoms with E-state index >= 15 is 0 Å². The van der Waals surface area contributed by atoms with E-state index < -0.39 is 36.4 Å². The summed E-state index contributed by atoms with van der Waals surface area (Å²) in [6.07, 6.45) is 3.75. The van der Waals surface area contributed by atoms with Crippen molar-refractivity contribution in [2.45, 2.75) is 119 Å². The molecule has 0 saturated carbocycles. The highest BCUT2D eigenvalue weighted by Gasteiger charge is 2.43. The van der Waals surface area contributed by atoms with Crippen molar-refractivity contribution in [2.24, 2.45) is 35.5 Å². The van der Waals surface area contributed by atoms with Gasteiger partial charge in [0.25, 0.3) is 0 Å². The molecule has 7 nitrogen and oxygen atoms in total. The average molecular weight is 529 g/mol. The van der Waals surface area contributed by atoms with Crippen LogP contribution in [0.25, 0.3) is 0 Å². The predicted octanol–water partition coefficient (Wildman–Crippen LogP) is 6.34. The smallest absolute Gasteiger partial charge is 0.339 e. The van der Waals surface area contributed by atoms with E-state index in [2.05, 4.69) is 62.3 Å². The van der Waals surface area contributed by atoms with E-state index in [-0.39, 0.29) is 19.8 Å². The van der Waals surface area contributed by atoms with Crippen LogP contribution in [0.3, 0.4) is 0 Å². The number of hydrogen-bond acceptors (Lipinski definition) is 7. The van der Waals surface area contributed by atoms with Crippen molar-refractivity contribution < 1.29 is 33.7 Å². The summed E-state index contributed by atoms with van der Waals surface area (Å²) in [5, 5.41) is 11.1. The number of hydrogen-bond donors (Lipinski definition) is 1. The molecule has 0 heterocycles. The Hall–Kier alpha value is -1.63. The zero-order chi connectivity index (χ0) is 28.6. The average Bonchev–Trinajstić information content (AvgIpc) is 2.71. The summed E-state index contributed by atoms with van der Waals surface area (Å²) in [6.45, 7) is 19.6. The van der Waals surface area contributed by atoms with Crippen LogP contribution in [0, 0.1) is 35.5 Å². The summed E-state index contributed by atoms with van der Waals surface area (Å²) in [4.78, 5) is 37.9. The number of carbonyl (C=O) groups is 3. The number of esters is 3. The molecule has 0 aromatic carbocycles. The highest BCUT2D eigenvalue weighted by molar-refractivity contribution is 5.90. The molecule has 0 aliphatic rings. The molecule has 0 amide bonds. The summed E-state index contributed by atoms with van der Waals surface area (Å²) in [6, 6.07) is 0. The van der Waals surface area contributed by atoms with Crippen molar-refractivity contribution in [1.29, 1.82) is 0 Å². The first-order valence-electron chi connectivity index (χ1n) is 14.3. The number of rotatable bonds is 20. The minimum atomic E-state index is -2.32. The standard InChI is InChI=1S/C30H56O7/c1-21(2)16-24(7)10-13-35-27(31)19-30(34,29(33)37-15-12-26(9)18-23(5)6)20-28(32)36-14-11-25(8)17-22(3)4/h21-26,34H,10-20H2,1-9H3. The van der Waals surface area contributed by atoms with E-state index in [0.717, 1.165) is 19.3 Å². The van der Waals surface area contributed by atoms with Crippen LogP contribution in [0.4, 0.5) is 0 Å². The van der Waals surface area contributed by atoms with Crippen LogP contribution in [0.1, 0.15) is 114 Å². The van der Waals surface area contributed by atoms with Crippen molar-refractivity contribution in [1.82, 2.24) is 0 Å². The van der Waals surface area contributed by atoms with Gasteiger partial charge >= 0.3 is 17.9 Å². The first kappa shape index (κ1) is 35.4. The molecule has 0 spiro atoms. The molecule has 0 bridgehead atoms. The molecule has 7 heteroatoms. The third-order valence-electron chi connectivity index (χ3n) is 6.47. The van der Waals surface area contributed by atoms with Crippen LogP contribution in [0.5, 0.6) is 0 Å². The summed E-state index contributed by atoms with van der Waals surface area (Å²) in [7, 11) is 0. The zero-order valence-corrected chi connectivity index (χ0v) is 25.1. The first-order valence-corrected chi connectivity index (χ1v) is 14.3. The van der Waals surface area contributed by atoms with Crippen molar-refractivity contribution in [2.75, 3.05) is 19.8 Å². The number of carbonyl (C=O) groups excluding carboxylic acids is 3. The molecule has 0 aliphatic carbocycles. The maximum atomic E-state index is 12.9. The first-order chi connectivity index (χ1) is 17.1. The van der Waals surface area contributed by atoms with Crippen LogP contribution < -0.4 is 0 Å². The zero-order valence-electron chi connectivity index (χ0n) is 25.1. The van der Waals surface area contributed by atoms with E-state index in [1.807, 2.05) is 0 Å². The van der Waals surface area contributed by atoms with Crippen molar-refractivity contribution in [3.63, 3.8) is 0 Å². The van der Waals surface area contributed by atoms with Gasteiger partial charge in [0, 0.05) is 0 Å². The van der Waals surface area contributed by atoms with Gasteiger partial charge in [-0.3, -0.25) is 9.59 Å². The second-order valence-corrected chi connectivity index (χ2v) is 12.5. The molecule has 0 radical (unpaired) electrons. The second-order valence-electron chi connectivity index (χ2n) is 12.5. The Kier molecular flexibility index (Phi) is 17.8. The molecule has 0 aliphatic heterocycles. The predicted molar refractivity (Wildman–Crippen MR) is 147 cm³/mol. The third-order valence-corrected chi connectivity index (χ3v) is 6.47. The van der Waals surface area contributed by atoms with Gasteiger partial charge in [0.15, 0.2) is 5.60 Å². The van der Waals surface area contributed by atoms with Crippen molar-refractivity contribution in [3.05, 3.63) is 0 Å². The fourth-order valence-corrected chi connectivity index (χ4v) is 4.79. The monoisotopic (exact) mass is 528 g/mol. The molecule has 0 rings (SSSR count). The molecule has 0 aromatic rings. The van der Waals surface area contributed by atoms with E-state index in [4.69, 9.17) is 14.2 Å². The highest BCUT2D eigenvalue weighted by atomic mass is 16.6. The topological polar surface area (TPSA) is 99.1 Å². The van der Waals surface area contributed by atoms with E-state index in [0.29, 0.717) is 54.8 Å². The molecular weight excluding hydrogens is 472 g/mol. The summed E-state index contributed by atoms with van der Waals surface area (Å²) >= 11 is 0. The van der Waals surface area contributed by atoms with E-state index in [1.165, 1.54) is 0 Å². The van der Waals surface area contributed by atoms with Gasteiger partial charge in [0.1, 0.15) is 0 Å². The molecule has 1 N–H and O–H groups in total. The Labute approximate surface area is 226 Å². The van der Waals surface area contributed by atoms with Crippen LogP contribution in [0.2, 0.25) is 0 Å². The van der Waals surface area contributed by atoms with Crippen molar-refractivity contribution >= 4 is 17.9 Å². The van der Waals surface area contributed by atoms with Crippen LogP contribution in [0.15, 0.2) is 0 Å². The molecule has 37 heavy (non-hydrogen) atoms. The fourth-order valence-electron chi connectivity index (χ4n) is 4.79. The van der Waals surface area contributed by atoms with Gasteiger partial charge in [-0.15, -0.1) is 0 Å². The lowest BCUT2D eigenvalue weighted by Crippen LogP contribution is -2.45. The minimum absolute atomic E-state index is 0.110. The highest BCUT2D eigenvalue weighted by Crippen LogP contribution is 2.22. The summed E-state index contributed by atoms with van der Waals surface area (Å²) < 4.78 is 15.9. The van der Waals surface area contributed by atoms with Gasteiger partial charge in [-0.1, -0.05) is 62.3 Å². The molecule has 3 unspecified atom stereocenters. The van der Waals surface area contributed by atoms with E-state index in [9.17, 15) is 19.5 Å². The van der Waals surface area contributed by atoms with Crippen molar-refractivity contribution in [3.8, 4) is 0 Å². The normalized spacial score (nSPS) is 15.8.